The SMILES string of the molecule is CC(NCC(P(=O)(O)O)S(=O)(=O)O)N(C)C. The van der Waals surface area contributed by atoms with E-state index in [1.54, 1.807) is 25.9 Å². The van der Waals surface area contributed by atoms with E-state index in [9.17, 15) is 13.0 Å². The van der Waals surface area contributed by atoms with Crippen LogP contribution >= 0.6 is 7.60 Å². The van der Waals surface area contributed by atoms with Gasteiger partial charge in [0.15, 0.2) is 4.99 Å². The van der Waals surface area contributed by atoms with E-state index in [-0.39, 0.29) is 6.17 Å². The van der Waals surface area contributed by atoms with Crippen molar-refractivity contribution in [2.24, 2.45) is 0 Å². The zero-order valence-electron chi connectivity index (χ0n) is 9.23. The van der Waals surface area contributed by atoms with Gasteiger partial charge >= 0.3 is 7.60 Å². The van der Waals surface area contributed by atoms with Crippen LogP contribution in [0.2, 0.25) is 0 Å². The molecule has 16 heavy (non-hydrogen) atoms. The zero-order valence-corrected chi connectivity index (χ0v) is 10.9. The van der Waals surface area contributed by atoms with Crippen molar-refractivity contribution in [3.63, 3.8) is 0 Å². The van der Waals surface area contributed by atoms with Gasteiger partial charge in [0.25, 0.3) is 10.1 Å². The number of hydrogen-bond acceptors (Lipinski definition) is 5. The highest BCUT2D eigenvalue weighted by Crippen LogP contribution is 2.43. The number of hydrogen-bond donors (Lipinski definition) is 4. The van der Waals surface area contributed by atoms with E-state index in [2.05, 4.69) is 5.32 Å². The predicted molar refractivity (Wildman–Crippen MR) is 58.5 cm³/mol. The van der Waals surface area contributed by atoms with Crippen molar-refractivity contribution >= 4 is 17.7 Å². The van der Waals surface area contributed by atoms with Crippen LogP contribution in [0, 0.1) is 0 Å². The van der Waals surface area contributed by atoms with Crippen molar-refractivity contribution in [2.75, 3.05) is 20.6 Å². The molecule has 0 saturated heterocycles. The van der Waals surface area contributed by atoms with E-state index in [1.165, 1.54) is 0 Å². The van der Waals surface area contributed by atoms with Crippen LogP contribution in [0.3, 0.4) is 0 Å². The highest BCUT2D eigenvalue weighted by molar-refractivity contribution is 7.93. The Bertz CT molecular complexity index is 363. The first-order valence-corrected chi connectivity index (χ1v) is 7.56. The maximum Gasteiger partial charge on any atom is 0.347 e. The van der Waals surface area contributed by atoms with Crippen molar-refractivity contribution in [2.45, 2.75) is 18.1 Å². The van der Waals surface area contributed by atoms with Gasteiger partial charge in [-0.2, -0.15) is 8.42 Å². The molecule has 0 heterocycles. The summed E-state index contributed by atoms with van der Waals surface area (Å²) in [6.45, 7) is 1.16. The third-order valence-electron chi connectivity index (χ3n) is 2.08. The molecule has 0 aromatic heterocycles. The summed E-state index contributed by atoms with van der Waals surface area (Å²) in [4.78, 5) is 17.1. The summed E-state index contributed by atoms with van der Waals surface area (Å²) in [5.41, 5.74) is 0. The minimum atomic E-state index is -4.90. The topological polar surface area (TPSA) is 127 Å². The highest BCUT2D eigenvalue weighted by atomic mass is 32.2. The second-order valence-corrected chi connectivity index (χ2v) is 7.36. The van der Waals surface area contributed by atoms with Gasteiger partial charge in [-0.25, -0.2) is 0 Å². The molecule has 0 rings (SSSR count). The fraction of sp³-hybridized carbons (Fsp3) is 1.00. The van der Waals surface area contributed by atoms with E-state index in [4.69, 9.17) is 14.3 Å². The van der Waals surface area contributed by atoms with Crippen molar-refractivity contribution in [1.82, 2.24) is 10.2 Å². The monoisotopic (exact) mass is 276 g/mol. The van der Waals surface area contributed by atoms with E-state index >= 15 is 0 Å². The average molecular weight is 276 g/mol. The Balaban J connectivity index is 4.68. The summed E-state index contributed by atoms with van der Waals surface area (Å²) in [5.74, 6) is 0. The molecule has 10 heteroatoms. The Hall–Kier alpha value is -0.0200. The lowest BCUT2D eigenvalue weighted by atomic mass is 10.5. The second-order valence-electron chi connectivity index (χ2n) is 3.61. The normalized spacial score (nSPS) is 17.4. The number of nitrogens with one attached hydrogen (secondary N) is 1. The molecular weight excluding hydrogens is 259 g/mol. The van der Waals surface area contributed by atoms with E-state index in [0.717, 1.165) is 0 Å². The Kier molecular flexibility index (Phi) is 5.54. The van der Waals surface area contributed by atoms with Crippen molar-refractivity contribution in [1.29, 1.82) is 0 Å². The van der Waals surface area contributed by atoms with Gasteiger partial charge in [0.2, 0.25) is 0 Å². The molecule has 0 aliphatic rings. The molecule has 0 bridgehead atoms. The largest absolute Gasteiger partial charge is 0.347 e. The molecule has 2 unspecified atom stereocenters. The minimum absolute atomic E-state index is 0.282. The molecule has 0 fully saturated rings. The first kappa shape index (κ1) is 16.0. The number of rotatable bonds is 6. The van der Waals surface area contributed by atoms with Crippen LogP contribution in [0.5, 0.6) is 0 Å². The summed E-state index contributed by atoms with van der Waals surface area (Å²) in [5, 5.41) is 2.59. The summed E-state index contributed by atoms with van der Waals surface area (Å²) in [6, 6.07) is 0. The lowest BCUT2D eigenvalue weighted by Crippen LogP contribution is -2.44. The molecule has 0 amide bonds. The first-order chi connectivity index (χ1) is 6.96. The minimum Gasteiger partial charge on any atom is -0.323 e. The van der Waals surface area contributed by atoms with Crippen LogP contribution in [0.25, 0.3) is 0 Å². The third-order valence-corrected chi connectivity index (χ3v) is 5.49. The maximum atomic E-state index is 10.9. The molecule has 0 aliphatic carbocycles. The zero-order chi connectivity index (χ0) is 13.1. The van der Waals surface area contributed by atoms with Crippen molar-refractivity contribution in [3.8, 4) is 0 Å². The molecule has 0 radical (unpaired) electrons. The van der Waals surface area contributed by atoms with Crippen LogP contribution in [-0.4, -0.2) is 59.5 Å². The average Bonchev–Trinajstić information content (AvgIpc) is 1.98. The van der Waals surface area contributed by atoms with Crippen LogP contribution in [0.1, 0.15) is 6.92 Å². The fourth-order valence-electron chi connectivity index (χ4n) is 0.852. The Morgan fingerprint density at radius 2 is 1.81 bits per heavy atom. The quantitative estimate of drug-likeness (QED) is 0.273. The predicted octanol–water partition coefficient (Wildman–Crippen LogP) is -1.12. The van der Waals surface area contributed by atoms with Gasteiger partial charge in [0.05, 0.1) is 6.17 Å². The van der Waals surface area contributed by atoms with E-state index in [1.807, 2.05) is 0 Å². The fourth-order valence-corrected chi connectivity index (χ4v) is 2.89. The smallest absolute Gasteiger partial charge is 0.323 e. The lowest BCUT2D eigenvalue weighted by Gasteiger charge is -2.23. The highest BCUT2D eigenvalue weighted by Gasteiger charge is 2.39. The van der Waals surface area contributed by atoms with Gasteiger partial charge in [0.1, 0.15) is 0 Å². The maximum absolute atomic E-state index is 10.9. The molecule has 4 N–H and O–H groups in total. The molecule has 98 valence electrons. The molecule has 8 nitrogen and oxygen atoms in total. The molecule has 0 saturated carbocycles. The molecule has 2 atom stereocenters. The molecule has 0 spiro atoms. The Morgan fingerprint density at radius 1 is 1.38 bits per heavy atom. The van der Waals surface area contributed by atoms with Crippen molar-refractivity contribution in [3.05, 3.63) is 0 Å². The molecule has 0 aromatic carbocycles. The van der Waals surface area contributed by atoms with E-state index < -0.39 is 29.2 Å². The first-order valence-electron chi connectivity index (χ1n) is 4.37. The lowest BCUT2D eigenvalue weighted by molar-refractivity contribution is 0.265. The van der Waals surface area contributed by atoms with Gasteiger partial charge in [-0.05, 0) is 21.0 Å². The molecular formula is C6H17N2O6PS. The second kappa shape index (κ2) is 5.54. The Morgan fingerprint density at radius 3 is 2.06 bits per heavy atom. The standard InChI is InChI=1S/C6H17N2O6PS/c1-5(8(2)3)7-4-6(15(9,10)11)16(12,13)14/h5-7H,4H2,1-3H3,(H2,9,10,11)(H,12,13,14). The summed E-state index contributed by atoms with van der Waals surface area (Å²) in [6.07, 6.45) is -0.282. The summed E-state index contributed by atoms with van der Waals surface area (Å²) >= 11 is 0. The molecule has 0 aliphatic heterocycles. The van der Waals surface area contributed by atoms with Gasteiger partial charge in [-0.15, -0.1) is 0 Å². The van der Waals surface area contributed by atoms with Gasteiger partial charge in [-0.1, -0.05) is 0 Å². The van der Waals surface area contributed by atoms with Crippen molar-refractivity contribution < 1.29 is 27.3 Å². The van der Waals surface area contributed by atoms with Crippen LogP contribution in [0.4, 0.5) is 0 Å². The number of nitrogens with zero attached hydrogens (tertiary/aromatic N) is 1. The third kappa shape index (κ3) is 5.35. The van der Waals surface area contributed by atoms with Crippen LogP contribution in [0.15, 0.2) is 0 Å². The van der Waals surface area contributed by atoms with Gasteiger partial charge in [0, 0.05) is 6.54 Å². The Labute approximate surface area is 94.6 Å². The van der Waals surface area contributed by atoms with Gasteiger partial charge in [-0.3, -0.25) is 19.3 Å². The summed E-state index contributed by atoms with van der Waals surface area (Å²) in [7, 11) is -6.28. The van der Waals surface area contributed by atoms with Crippen LogP contribution < -0.4 is 5.32 Å². The van der Waals surface area contributed by atoms with Gasteiger partial charge < -0.3 is 9.79 Å². The summed E-state index contributed by atoms with van der Waals surface area (Å²) < 4.78 is 41.1. The molecule has 0 aromatic rings. The van der Waals surface area contributed by atoms with E-state index in [0.29, 0.717) is 0 Å². The van der Waals surface area contributed by atoms with Crippen LogP contribution in [-0.2, 0) is 14.7 Å².